The zero-order chi connectivity index (χ0) is 14.8. The van der Waals surface area contributed by atoms with Crippen LogP contribution in [0, 0.1) is 5.82 Å². The van der Waals surface area contributed by atoms with Gasteiger partial charge in [-0.3, -0.25) is 0 Å². The number of halogens is 1. The van der Waals surface area contributed by atoms with Crippen LogP contribution in [0.2, 0.25) is 0 Å². The topological polar surface area (TPSA) is 37.9 Å². The molecule has 0 aliphatic rings. The van der Waals surface area contributed by atoms with Gasteiger partial charge in [-0.25, -0.2) is 9.37 Å². The Morgan fingerprint density at radius 3 is 2.67 bits per heavy atom. The number of benzene rings is 2. The lowest BCUT2D eigenvalue weighted by Crippen LogP contribution is -2.05. The second-order valence-electron chi connectivity index (χ2n) is 5.04. The van der Waals surface area contributed by atoms with Gasteiger partial charge >= 0.3 is 0 Å². The fraction of sp³-hybridized carbons (Fsp3) is 0.235. The molecule has 108 valence electrons. The molecule has 0 aliphatic carbocycles. The van der Waals surface area contributed by atoms with Crippen LogP contribution in [0.5, 0.6) is 5.75 Å². The molecule has 0 amide bonds. The summed E-state index contributed by atoms with van der Waals surface area (Å²) in [5.74, 6) is 1.21. The molecule has 0 bridgehead atoms. The van der Waals surface area contributed by atoms with E-state index < -0.39 is 0 Å². The number of hydrogen-bond donors (Lipinski definition) is 1. The predicted octanol–water partition coefficient (Wildman–Crippen LogP) is 4.40. The van der Waals surface area contributed by atoms with E-state index in [1.165, 1.54) is 17.7 Å². The molecule has 3 nitrogen and oxygen atoms in total. The molecule has 3 aromatic rings. The highest BCUT2D eigenvalue weighted by molar-refractivity contribution is 5.75. The van der Waals surface area contributed by atoms with E-state index >= 15 is 0 Å². The average molecular weight is 284 g/mol. The number of aromatic amines is 1. The summed E-state index contributed by atoms with van der Waals surface area (Å²) in [4.78, 5) is 7.54. The van der Waals surface area contributed by atoms with E-state index in [0.717, 1.165) is 17.7 Å². The number of hydrogen-bond acceptors (Lipinski definition) is 2. The third kappa shape index (κ3) is 2.89. The second kappa shape index (κ2) is 5.56. The number of ether oxygens (including phenoxy) is 1. The van der Waals surface area contributed by atoms with Gasteiger partial charge in [0.1, 0.15) is 17.4 Å². The van der Waals surface area contributed by atoms with Crippen LogP contribution in [0.15, 0.2) is 42.5 Å². The first-order chi connectivity index (χ1) is 10.2. The molecule has 1 aromatic heterocycles. The molecule has 0 spiro atoms. The quantitative estimate of drug-likeness (QED) is 0.771. The van der Waals surface area contributed by atoms with Gasteiger partial charge in [0.25, 0.3) is 0 Å². The summed E-state index contributed by atoms with van der Waals surface area (Å²) < 4.78 is 19.1. The minimum atomic E-state index is -0.276. The second-order valence-corrected chi connectivity index (χ2v) is 5.04. The minimum absolute atomic E-state index is 0.229. The lowest BCUT2D eigenvalue weighted by atomic mass is 10.2. The largest absolute Gasteiger partial charge is 0.483 e. The van der Waals surface area contributed by atoms with Crippen molar-refractivity contribution in [2.45, 2.75) is 26.4 Å². The first kappa shape index (κ1) is 13.6. The summed E-state index contributed by atoms with van der Waals surface area (Å²) in [6.45, 7) is 4.04. The maximum Gasteiger partial charge on any atom is 0.153 e. The van der Waals surface area contributed by atoms with Gasteiger partial charge in [0, 0.05) is 0 Å². The zero-order valence-electron chi connectivity index (χ0n) is 12.1. The standard InChI is InChI=1S/C17H17FN2O/c1-3-12-4-7-14(8-5-12)21-11(2)17-19-15-9-6-13(18)10-16(15)20-17/h4-11H,3H2,1-2H3,(H,19,20). The van der Waals surface area contributed by atoms with Gasteiger partial charge in [0.2, 0.25) is 0 Å². The van der Waals surface area contributed by atoms with Crippen molar-refractivity contribution in [2.24, 2.45) is 0 Å². The predicted molar refractivity (Wildman–Crippen MR) is 80.9 cm³/mol. The molecule has 21 heavy (non-hydrogen) atoms. The van der Waals surface area contributed by atoms with Gasteiger partial charge in [-0.05, 0) is 49.2 Å². The smallest absolute Gasteiger partial charge is 0.153 e. The molecular weight excluding hydrogens is 267 g/mol. The van der Waals surface area contributed by atoms with Gasteiger partial charge in [0.05, 0.1) is 11.0 Å². The Balaban J connectivity index is 1.80. The van der Waals surface area contributed by atoms with Crippen LogP contribution in [-0.4, -0.2) is 9.97 Å². The van der Waals surface area contributed by atoms with Crippen molar-refractivity contribution in [3.8, 4) is 5.75 Å². The van der Waals surface area contributed by atoms with Gasteiger partial charge < -0.3 is 9.72 Å². The molecule has 0 fully saturated rings. The van der Waals surface area contributed by atoms with Gasteiger partial charge in [-0.2, -0.15) is 0 Å². The van der Waals surface area contributed by atoms with Gasteiger partial charge in [-0.15, -0.1) is 0 Å². The molecule has 4 heteroatoms. The summed E-state index contributed by atoms with van der Waals surface area (Å²) in [7, 11) is 0. The molecule has 1 unspecified atom stereocenters. The highest BCUT2D eigenvalue weighted by Crippen LogP contribution is 2.23. The molecule has 0 saturated carbocycles. The number of nitrogens with one attached hydrogen (secondary N) is 1. The summed E-state index contributed by atoms with van der Waals surface area (Å²) in [6.07, 6.45) is 0.776. The number of imidazole rings is 1. The Morgan fingerprint density at radius 2 is 1.95 bits per heavy atom. The van der Waals surface area contributed by atoms with Gasteiger partial charge in [0.15, 0.2) is 6.10 Å². The lowest BCUT2D eigenvalue weighted by molar-refractivity contribution is 0.218. The molecule has 2 aromatic carbocycles. The highest BCUT2D eigenvalue weighted by Gasteiger charge is 2.12. The maximum atomic E-state index is 13.2. The van der Waals surface area contributed by atoms with Crippen LogP contribution < -0.4 is 4.74 Å². The van der Waals surface area contributed by atoms with Crippen molar-refractivity contribution in [1.29, 1.82) is 0 Å². The maximum absolute atomic E-state index is 13.2. The third-order valence-corrected chi connectivity index (χ3v) is 3.49. The Kier molecular flexibility index (Phi) is 3.60. The fourth-order valence-corrected chi connectivity index (χ4v) is 2.26. The van der Waals surface area contributed by atoms with Crippen LogP contribution in [0.4, 0.5) is 4.39 Å². The first-order valence-corrected chi connectivity index (χ1v) is 7.06. The van der Waals surface area contributed by atoms with Crippen molar-refractivity contribution >= 4 is 11.0 Å². The van der Waals surface area contributed by atoms with E-state index in [1.807, 2.05) is 19.1 Å². The van der Waals surface area contributed by atoms with Crippen molar-refractivity contribution in [3.63, 3.8) is 0 Å². The van der Waals surface area contributed by atoms with E-state index in [9.17, 15) is 4.39 Å². The Morgan fingerprint density at radius 1 is 1.19 bits per heavy atom. The first-order valence-electron chi connectivity index (χ1n) is 7.06. The molecular formula is C17H17FN2O. The Labute approximate surface area is 122 Å². The average Bonchev–Trinajstić information content (AvgIpc) is 2.91. The third-order valence-electron chi connectivity index (χ3n) is 3.49. The molecule has 1 heterocycles. The monoisotopic (exact) mass is 284 g/mol. The number of aromatic nitrogens is 2. The van der Waals surface area contributed by atoms with Crippen molar-refractivity contribution in [1.82, 2.24) is 9.97 Å². The van der Waals surface area contributed by atoms with Crippen LogP contribution in [0.25, 0.3) is 11.0 Å². The molecule has 0 aliphatic heterocycles. The summed E-state index contributed by atoms with van der Waals surface area (Å²) in [6, 6.07) is 12.5. The number of rotatable bonds is 4. The number of H-pyrrole nitrogens is 1. The number of nitrogens with zero attached hydrogens (tertiary/aromatic N) is 1. The molecule has 0 saturated heterocycles. The summed E-state index contributed by atoms with van der Waals surface area (Å²) in [5.41, 5.74) is 2.69. The summed E-state index contributed by atoms with van der Waals surface area (Å²) >= 11 is 0. The SMILES string of the molecule is CCc1ccc(OC(C)c2nc3ccc(F)cc3[nH]2)cc1. The fourth-order valence-electron chi connectivity index (χ4n) is 2.26. The van der Waals surface area contributed by atoms with E-state index in [1.54, 1.807) is 6.07 Å². The van der Waals surface area contributed by atoms with Crippen LogP contribution >= 0.6 is 0 Å². The van der Waals surface area contributed by atoms with Crippen molar-refractivity contribution in [2.75, 3.05) is 0 Å². The van der Waals surface area contributed by atoms with Crippen LogP contribution in [-0.2, 0) is 6.42 Å². The number of fused-ring (bicyclic) bond motifs is 1. The Bertz CT molecular complexity index is 749. The zero-order valence-corrected chi connectivity index (χ0v) is 12.1. The van der Waals surface area contributed by atoms with Gasteiger partial charge in [-0.1, -0.05) is 19.1 Å². The molecule has 1 N–H and O–H groups in total. The molecule has 3 rings (SSSR count). The van der Waals surface area contributed by atoms with E-state index in [4.69, 9.17) is 4.74 Å². The van der Waals surface area contributed by atoms with Crippen LogP contribution in [0.1, 0.15) is 31.3 Å². The van der Waals surface area contributed by atoms with Crippen LogP contribution in [0.3, 0.4) is 0 Å². The number of aryl methyl sites for hydroxylation is 1. The van der Waals surface area contributed by atoms with E-state index in [2.05, 4.69) is 29.0 Å². The van der Waals surface area contributed by atoms with Crippen molar-refractivity contribution < 1.29 is 9.13 Å². The Hall–Kier alpha value is -2.36. The minimum Gasteiger partial charge on any atom is -0.483 e. The highest BCUT2D eigenvalue weighted by atomic mass is 19.1. The normalized spacial score (nSPS) is 12.5. The summed E-state index contributed by atoms with van der Waals surface area (Å²) in [5, 5.41) is 0. The van der Waals surface area contributed by atoms with E-state index in [0.29, 0.717) is 11.3 Å². The van der Waals surface area contributed by atoms with E-state index in [-0.39, 0.29) is 11.9 Å². The molecule has 0 radical (unpaired) electrons. The van der Waals surface area contributed by atoms with Crippen molar-refractivity contribution in [3.05, 3.63) is 59.7 Å². The lowest BCUT2D eigenvalue weighted by Gasteiger charge is -2.12. The molecule has 1 atom stereocenters.